The number of benzene rings is 2. The number of methoxy groups -OCH3 is 1. The molecule has 0 unspecified atom stereocenters. The monoisotopic (exact) mass is 384 g/mol. The van der Waals surface area contributed by atoms with Gasteiger partial charge in [0, 0.05) is 11.1 Å². The Labute approximate surface area is 171 Å². The average molecular weight is 384 g/mol. The summed E-state index contributed by atoms with van der Waals surface area (Å²) >= 11 is 0. The predicted molar refractivity (Wildman–Crippen MR) is 114 cm³/mol. The number of hydrogen-bond acceptors (Lipinski definition) is 4. The molecule has 0 radical (unpaired) electrons. The van der Waals surface area contributed by atoms with Crippen molar-refractivity contribution < 1.29 is 9.53 Å². The molecule has 0 aliphatic carbocycles. The van der Waals surface area contributed by atoms with Gasteiger partial charge < -0.3 is 4.74 Å². The fourth-order valence-electron chi connectivity index (χ4n) is 3.35. The number of ether oxygens (including phenoxy) is 1. The molecule has 1 heterocycles. The number of pyridine rings is 1. The van der Waals surface area contributed by atoms with Gasteiger partial charge in [0.15, 0.2) is 0 Å². The molecule has 0 aliphatic heterocycles. The van der Waals surface area contributed by atoms with Crippen molar-refractivity contribution in [3.05, 3.63) is 77.0 Å². The van der Waals surface area contributed by atoms with E-state index in [-0.39, 0.29) is 0 Å². The maximum absolute atomic E-state index is 12.3. The number of esters is 1. The molecule has 0 spiro atoms. The summed E-state index contributed by atoms with van der Waals surface area (Å²) in [6, 6.07) is 19.6. The summed E-state index contributed by atoms with van der Waals surface area (Å²) in [5.74, 6) is -0.0689. The normalized spacial score (nSPS) is 10.6. The molecule has 0 amide bonds. The number of nitriles is 1. The summed E-state index contributed by atoms with van der Waals surface area (Å²) < 4.78 is 4.95. The van der Waals surface area contributed by atoms with E-state index in [0.717, 1.165) is 22.4 Å². The maximum atomic E-state index is 12.3. The molecule has 1 aromatic heterocycles. The number of aromatic nitrogens is 1. The molecule has 0 fully saturated rings. The Balaban J connectivity index is 2.29. The topological polar surface area (TPSA) is 63.0 Å². The Morgan fingerprint density at radius 1 is 1.10 bits per heavy atom. The summed E-state index contributed by atoms with van der Waals surface area (Å²) in [5, 5.41) is 9.91. The van der Waals surface area contributed by atoms with Crippen LogP contribution in [0.2, 0.25) is 0 Å². The predicted octanol–water partition coefficient (Wildman–Crippen LogP) is 5.58. The van der Waals surface area contributed by atoms with Crippen LogP contribution < -0.4 is 0 Å². The zero-order valence-corrected chi connectivity index (χ0v) is 17.2. The van der Waals surface area contributed by atoms with E-state index in [1.807, 2.05) is 49.4 Å². The molecular formula is C25H24N2O2. The molecule has 0 atom stereocenters. The summed E-state index contributed by atoms with van der Waals surface area (Å²) in [5.41, 5.74) is 6.08. The Morgan fingerprint density at radius 2 is 1.79 bits per heavy atom. The summed E-state index contributed by atoms with van der Waals surface area (Å²) in [6.07, 6.45) is 0.677. The molecule has 3 rings (SSSR count). The SMILES string of the molecule is COC(=O)c1ccccc1-c1cc(-c2ccc(C)cc2)c(C#N)c(CC(C)C)n1. The zero-order valence-electron chi connectivity index (χ0n) is 17.2. The summed E-state index contributed by atoms with van der Waals surface area (Å²) in [6.45, 7) is 6.23. The third kappa shape index (κ3) is 4.35. The molecule has 0 aliphatic rings. The minimum atomic E-state index is -0.408. The minimum Gasteiger partial charge on any atom is -0.465 e. The third-order valence-corrected chi connectivity index (χ3v) is 4.78. The molecule has 4 heteroatoms. The van der Waals surface area contributed by atoms with Crippen LogP contribution >= 0.6 is 0 Å². The third-order valence-electron chi connectivity index (χ3n) is 4.78. The molecule has 29 heavy (non-hydrogen) atoms. The smallest absolute Gasteiger partial charge is 0.338 e. The van der Waals surface area contributed by atoms with Crippen LogP contribution in [0.3, 0.4) is 0 Å². The van der Waals surface area contributed by atoms with Crippen molar-refractivity contribution in [1.29, 1.82) is 5.26 Å². The summed E-state index contributed by atoms with van der Waals surface area (Å²) in [4.78, 5) is 17.1. The van der Waals surface area contributed by atoms with Crippen molar-refractivity contribution in [3.8, 4) is 28.5 Å². The largest absolute Gasteiger partial charge is 0.465 e. The molecule has 4 nitrogen and oxygen atoms in total. The second-order valence-electron chi connectivity index (χ2n) is 7.49. The van der Waals surface area contributed by atoms with Crippen LogP contribution in [0.5, 0.6) is 0 Å². The Hall–Kier alpha value is -3.45. The first-order valence-corrected chi connectivity index (χ1v) is 9.63. The number of carbonyl (C=O) groups is 1. The number of rotatable bonds is 5. The lowest BCUT2D eigenvalue weighted by atomic mass is 9.92. The van der Waals surface area contributed by atoms with Crippen LogP contribution in [-0.2, 0) is 11.2 Å². The van der Waals surface area contributed by atoms with E-state index in [4.69, 9.17) is 9.72 Å². The Bertz CT molecular complexity index is 1080. The fourth-order valence-corrected chi connectivity index (χ4v) is 3.35. The van der Waals surface area contributed by atoms with Crippen molar-refractivity contribution >= 4 is 5.97 Å². The Kier molecular flexibility index (Phi) is 6.09. The fraction of sp³-hybridized carbons (Fsp3) is 0.240. The number of hydrogen-bond donors (Lipinski definition) is 0. The first kappa shape index (κ1) is 20.3. The standard InChI is InChI=1S/C25H24N2O2/c1-16(2)13-23-22(15-26)21(18-11-9-17(3)10-12-18)14-24(27-23)19-7-5-6-8-20(19)25(28)29-4/h5-12,14,16H,13H2,1-4H3. The maximum Gasteiger partial charge on any atom is 0.338 e. The zero-order chi connectivity index (χ0) is 21.0. The van der Waals surface area contributed by atoms with E-state index >= 15 is 0 Å². The van der Waals surface area contributed by atoms with E-state index in [9.17, 15) is 10.1 Å². The molecule has 0 bridgehead atoms. The molecular weight excluding hydrogens is 360 g/mol. The first-order chi connectivity index (χ1) is 13.9. The van der Waals surface area contributed by atoms with Crippen LogP contribution in [0.4, 0.5) is 0 Å². The van der Waals surface area contributed by atoms with Gasteiger partial charge in [0.2, 0.25) is 0 Å². The van der Waals surface area contributed by atoms with Gasteiger partial charge in [-0.25, -0.2) is 4.79 Å². The van der Waals surface area contributed by atoms with Crippen LogP contribution in [-0.4, -0.2) is 18.1 Å². The van der Waals surface area contributed by atoms with Crippen molar-refractivity contribution in [2.75, 3.05) is 7.11 Å². The van der Waals surface area contributed by atoms with Crippen LogP contribution in [0, 0.1) is 24.2 Å². The van der Waals surface area contributed by atoms with Gasteiger partial charge in [-0.1, -0.05) is 61.9 Å². The van der Waals surface area contributed by atoms with Gasteiger partial charge in [-0.3, -0.25) is 4.98 Å². The average Bonchev–Trinajstić information content (AvgIpc) is 2.72. The first-order valence-electron chi connectivity index (χ1n) is 9.63. The van der Waals surface area contributed by atoms with E-state index in [1.165, 1.54) is 7.11 Å². The van der Waals surface area contributed by atoms with Gasteiger partial charge in [0.05, 0.1) is 29.6 Å². The molecule has 0 N–H and O–H groups in total. The van der Waals surface area contributed by atoms with Crippen LogP contribution in [0.1, 0.15) is 41.0 Å². The molecule has 0 saturated carbocycles. The molecule has 2 aromatic carbocycles. The Morgan fingerprint density at radius 3 is 2.41 bits per heavy atom. The lowest BCUT2D eigenvalue weighted by molar-refractivity contribution is 0.0601. The van der Waals surface area contributed by atoms with Crippen LogP contribution in [0.25, 0.3) is 22.4 Å². The highest BCUT2D eigenvalue weighted by molar-refractivity contribution is 5.97. The molecule has 3 aromatic rings. The quantitative estimate of drug-likeness (QED) is 0.539. The van der Waals surface area contributed by atoms with Gasteiger partial charge in [-0.15, -0.1) is 0 Å². The highest BCUT2D eigenvalue weighted by Crippen LogP contribution is 2.32. The lowest BCUT2D eigenvalue weighted by Crippen LogP contribution is -2.07. The van der Waals surface area contributed by atoms with E-state index in [1.54, 1.807) is 12.1 Å². The summed E-state index contributed by atoms with van der Waals surface area (Å²) in [7, 11) is 1.37. The van der Waals surface area contributed by atoms with Crippen molar-refractivity contribution in [3.63, 3.8) is 0 Å². The van der Waals surface area contributed by atoms with Crippen molar-refractivity contribution in [2.45, 2.75) is 27.2 Å². The van der Waals surface area contributed by atoms with Gasteiger partial charge >= 0.3 is 5.97 Å². The second kappa shape index (κ2) is 8.70. The number of aryl methyl sites for hydroxylation is 1. The minimum absolute atomic E-state index is 0.339. The highest BCUT2D eigenvalue weighted by atomic mass is 16.5. The van der Waals surface area contributed by atoms with E-state index < -0.39 is 5.97 Å². The number of carbonyl (C=O) groups excluding carboxylic acids is 1. The lowest BCUT2D eigenvalue weighted by Gasteiger charge is -2.15. The van der Waals surface area contributed by atoms with Gasteiger partial charge in [0.25, 0.3) is 0 Å². The second-order valence-corrected chi connectivity index (χ2v) is 7.49. The molecule has 146 valence electrons. The van der Waals surface area contributed by atoms with Gasteiger partial charge in [0.1, 0.15) is 6.07 Å². The molecule has 0 saturated heterocycles. The van der Waals surface area contributed by atoms with Gasteiger partial charge in [-0.05, 0) is 37.0 Å². The highest BCUT2D eigenvalue weighted by Gasteiger charge is 2.19. The van der Waals surface area contributed by atoms with Crippen molar-refractivity contribution in [2.24, 2.45) is 5.92 Å². The van der Waals surface area contributed by atoms with E-state index in [2.05, 4.69) is 19.9 Å². The van der Waals surface area contributed by atoms with Crippen LogP contribution in [0.15, 0.2) is 54.6 Å². The van der Waals surface area contributed by atoms with Gasteiger partial charge in [-0.2, -0.15) is 5.26 Å². The van der Waals surface area contributed by atoms with Crippen molar-refractivity contribution in [1.82, 2.24) is 4.98 Å². The number of nitrogens with zero attached hydrogens (tertiary/aromatic N) is 2. The van der Waals surface area contributed by atoms with E-state index in [0.29, 0.717) is 34.7 Å².